The van der Waals surface area contributed by atoms with Gasteiger partial charge in [-0.3, -0.25) is 0 Å². The van der Waals surface area contributed by atoms with Gasteiger partial charge >= 0.3 is 5.97 Å². The van der Waals surface area contributed by atoms with Crippen LogP contribution in [0.1, 0.15) is 57.8 Å². The predicted molar refractivity (Wildman–Crippen MR) is 72.5 cm³/mol. The Bertz CT molecular complexity index is 236. The van der Waals surface area contributed by atoms with Crippen LogP contribution in [0.15, 0.2) is 12.2 Å². The highest BCUT2D eigenvalue weighted by Gasteiger charge is 1.98. The first-order valence-corrected chi connectivity index (χ1v) is 7.30. The average Bonchev–Trinajstić information content (AvgIpc) is 2.37. The number of hydrogen-bond donors (Lipinski definition) is 0. The van der Waals surface area contributed by atoms with Gasteiger partial charge in [-0.05, 0) is 12.8 Å². The fourth-order valence-corrected chi connectivity index (χ4v) is 2.06. The van der Waals surface area contributed by atoms with E-state index in [0.717, 1.165) is 19.4 Å². The number of hydrogen-bond acceptors (Lipinski definition) is 3. The van der Waals surface area contributed by atoms with E-state index in [1.165, 1.54) is 51.0 Å². The lowest BCUT2D eigenvalue weighted by Crippen LogP contribution is -2.03. The highest BCUT2D eigenvalue weighted by atomic mass is 16.5. The fourth-order valence-electron chi connectivity index (χ4n) is 2.06. The van der Waals surface area contributed by atoms with E-state index < -0.39 is 0 Å². The van der Waals surface area contributed by atoms with Gasteiger partial charge in [0.15, 0.2) is 0 Å². The molecule has 0 aromatic rings. The molecule has 0 atom stereocenters. The molecular formula is C15H26O3. The van der Waals surface area contributed by atoms with Gasteiger partial charge in [-0.25, -0.2) is 4.79 Å². The van der Waals surface area contributed by atoms with E-state index in [-0.39, 0.29) is 5.97 Å². The number of carbonyl (C=O) groups is 1. The van der Waals surface area contributed by atoms with Crippen LogP contribution in [0.2, 0.25) is 0 Å². The molecule has 0 radical (unpaired) electrons. The molecule has 1 heterocycles. The molecule has 0 fully saturated rings. The topological polar surface area (TPSA) is 35.5 Å². The van der Waals surface area contributed by atoms with Crippen LogP contribution in [0.5, 0.6) is 0 Å². The number of ether oxygens (including phenoxy) is 2. The Hall–Kier alpha value is -0.830. The van der Waals surface area contributed by atoms with Crippen molar-refractivity contribution in [3.63, 3.8) is 0 Å². The molecule has 104 valence electrons. The van der Waals surface area contributed by atoms with Crippen molar-refractivity contribution in [1.29, 1.82) is 0 Å². The quantitative estimate of drug-likeness (QED) is 0.619. The van der Waals surface area contributed by atoms with E-state index in [4.69, 9.17) is 9.47 Å². The van der Waals surface area contributed by atoms with E-state index in [2.05, 4.69) is 0 Å². The first-order valence-electron chi connectivity index (χ1n) is 7.30. The van der Waals surface area contributed by atoms with Gasteiger partial charge in [0.2, 0.25) is 0 Å². The highest BCUT2D eigenvalue weighted by Crippen LogP contribution is 2.10. The number of rotatable bonds is 0. The van der Waals surface area contributed by atoms with E-state index in [0.29, 0.717) is 13.2 Å². The third-order valence-corrected chi connectivity index (χ3v) is 3.15. The fraction of sp³-hybridized carbons (Fsp3) is 0.800. The molecule has 0 saturated heterocycles. The summed E-state index contributed by atoms with van der Waals surface area (Å²) in [6, 6.07) is 0. The van der Waals surface area contributed by atoms with Crippen LogP contribution in [0.3, 0.4) is 0 Å². The summed E-state index contributed by atoms with van der Waals surface area (Å²) in [4.78, 5) is 11.3. The zero-order valence-electron chi connectivity index (χ0n) is 11.4. The van der Waals surface area contributed by atoms with Gasteiger partial charge in [0.1, 0.15) is 0 Å². The molecule has 0 unspecified atom stereocenters. The Kier molecular flexibility index (Phi) is 9.54. The lowest BCUT2D eigenvalue weighted by Gasteiger charge is -2.03. The van der Waals surface area contributed by atoms with Crippen LogP contribution in [0, 0.1) is 0 Å². The van der Waals surface area contributed by atoms with Gasteiger partial charge in [0.25, 0.3) is 0 Å². The van der Waals surface area contributed by atoms with Crippen molar-refractivity contribution < 1.29 is 14.3 Å². The van der Waals surface area contributed by atoms with Gasteiger partial charge in [0, 0.05) is 12.7 Å². The molecular weight excluding hydrogens is 228 g/mol. The average molecular weight is 254 g/mol. The maximum absolute atomic E-state index is 11.3. The first kappa shape index (κ1) is 15.2. The molecule has 1 rings (SSSR count). The summed E-state index contributed by atoms with van der Waals surface area (Å²) in [7, 11) is 0. The lowest BCUT2D eigenvalue weighted by atomic mass is 10.1. The summed E-state index contributed by atoms with van der Waals surface area (Å²) in [6.45, 7) is 1.85. The Balaban J connectivity index is 2.18. The Labute approximate surface area is 111 Å². The number of cyclic esters (lactones) is 1. The molecule has 0 aliphatic carbocycles. The Morgan fingerprint density at radius 3 is 2.00 bits per heavy atom. The molecule has 0 amide bonds. The summed E-state index contributed by atoms with van der Waals surface area (Å²) in [5.41, 5.74) is 0. The zero-order valence-corrected chi connectivity index (χ0v) is 11.4. The van der Waals surface area contributed by atoms with E-state index in [9.17, 15) is 4.79 Å². The highest BCUT2D eigenvalue weighted by molar-refractivity contribution is 5.81. The third kappa shape index (κ3) is 9.23. The largest absolute Gasteiger partial charge is 0.463 e. The van der Waals surface area contributed by atoms with Gasteiger partial charge in [0.05, 0.1) is 13.2 Å². The van der Waals surface area contributed by atoms with Crippen LogP contribution in [0.4, 0.5) is 0 Å². The second-order valence-electron chi connectivity index (χ2n) is 4.83. The monoisotopic (exact) mass is 254 g/mol. The van der Waals surface area contributed by atoms with Gasteiger partial charge in [-0.1, -0.05) is 51.0 Å². The molecule has 0 saturated carbocycles. The van der Waals surface area contributed by atoms with Crippen molar-refractivity contribution in [2.75, 3.05) is 19.8 Å². The van der Waals surface area contributed by atoms with Crippen molar-refractivity contribution in [2.24, 2.45) is 0 Å². The molecule has 0 N–H and O–H groups in total. The van der Waals surface area contributed by atoms with Crippen molar-refractivity contribution in [3.8, 4) is 0 Å². The number of esters is 1. The van der Waals surface area contributed by atoms with Crippen LogP contribution >= 0.6 is 0 Å². The first-order chi connectivity index (χ1) is 8.89. The van der Waals surface area contributed by atoms with E-state index >= 15 is 0 Å². The summed E-state index contributed by atoms with van der Waals surface area (Å²) in [6.07, 6.45) is 14.3. The normalized spacial score (nSPS) is 22.1. The van der Waals surface area contributed by atoms with E-state index in [1.54, 1.807) is 6.08 Å². The molecule has 1 aliphatic heterocycles. The smallest absolute Gasteiger partial charge is 0.330 e. The summed E-state index contributed by atoms with van der Waals surface area (Å²) < 4.78 is 10.5. The van der Waals surface area contributed by atoms with Gasteiger partial charge in [-0.2, -0.15) is 0 Å². The van der Waals surface area contributed by atoms with Crippen LogP contribution < -0.4 is 0 Å². The molecule has 0 aromatic heterocycles. The molecule has 0 bridgehead atoms. The van der Waals surface area contributed by atoms with Gasteiger partial charge < -0.3 is 9.47 Å². The van der Waals surface area contributed by atoms with E-state index in [1.807, 2.05) is 0 Å². The van der Waals surface area contributed by atoms with Crippen molar-refractivity contribution in [3.05, 3.63) is 12.2 Å². The molecule has 0 aromatic carbocycles. The Morgan fingerprint density at radius 2 is 1.33 bits per heavy atom. The molecule has 18 heavy (non-hydrogen) atoms. The maximum Gasteiger partial charge on any atom is 0.330 e. The SMILES string of the molecule is O=C1C=CCOCCCCCCCCCCCO1. The summed E-state index contributed by atoms with van der Waals surface area (Å²) in [5, 5.41) is 0. The molecule has 3 nitrogen and oxygen atoms in total. The van der Waals surface area contributed by atoms with Crippen molar-refractivity contribution >= 4 is 5.97 Å². The Morgan fingerprint density at radius 1 is 0.778 bits per heavy atom. The minimum atomic E-state index is -0.247. The van der Waals surface area contributed by atoms with Crippen LogP contribution in [-0.4, -0.2) is 25.8 Å². The lowest BCUT2D eigenvalue weighted by molar-refractivity contribution is -0.137. The van der Waals surface area contributed by atoms with Crippen LogP contribution in [-0.2, 0) is 14.3 Å². The van der Waals surface area contributed by atoms with Crippen molar-refractivity contribution in [1.82, 2.24) is 0 Å². The summed E-state index contributed by atoms with van der Waals surface area (Å²) >= 11 is 0. The zero-order chi connectivity index (χ0) is 12.9. The number of carbonyl (C=O) groups excluding carboxylic acids is 1. The second-order valence-corrected chi connectivity index (χ2v) is 4.83. The van der Waals surface area contributed by atoms with Crippen molar-refractivity contribution in [2.45, 2.75) is 57.8 Å². The molecule has 1 aliphatic rings. The van der Waals surface area contributed by atoms with Crippen LogP contribution in [0.25, 0.3) is 0 Å². The molecule has 0 spiro atoms. The predicted octanol–water partition coefficient (Wildman–Crippen LogP) is 3.63. The molecule has 3 heteroatoms. The third-order valence-electron chi connectivity index (χ3n) is 3.15. The van der Waals surface area contributed by atoms with Gasteiger partial charge in [-0.15, -0.1) is 0 Å². The standard InChI is InChI=1S/C15H26O3/c16-15-11-10-13-17-12-8-6-4-2-1-3-5-7-9-14-18-15/h10-11H,1-9,12-14H2. The minimum absolute atomic E-state index is 0.247. The maximum atomic E-state index is 11.3. The summed E-state index contributed by atoms with van der Waals surface area (Å²) in [5.74, 6) is -0.247. The second kappa shape index (κ2) is 11.3. The minimum Gasteiger partial charge on any atom is -0.463 e.